The van der Waals surface area contributed by atoms with Gasteiger partial charge in [-0.05, 0) is 60.9 Å². The Labute approximate surface area is 203 Å². The zero-order valence-corrected chi connectivity index (χ0v) is 20.4. The van der Waals surface area contributed by atoms with Gasteiger partial charge in [0.15, 0.2) is 0 Å². The van der Waals surface area contributed by atoms with Gasteiger partial charge in [-0.15, -0.1) is 0 Å². The average molecular weight is 469 g/mol. The van der Waals surface area contributed by atoms with Gasteiger partial charge in [-0.3, -0.25) is 4.90 Å². The largest absolute Gasteiger partial charge is 0.371 e. The van der Waals surface area contributed by atoms with Gasteiger partial charge in [0.2, 0.25) is 0 Å². The van der Waals surface area contributed by atoms with Crippen LogP contribution in [0, 0.1) is 0 Å². The molecule has 2 heterocycles. The van der Waals surface area contributed by atoms with Gasteiger partial charge in [-0.25, -0.2) is 0 Å². The lowest BCUT2D eigenvalue weighted by Gasteiger charge is -2.44. The molecule has 1 aliphatic carbocycles. The number of benzene rings is 2. The first-order chi connectivity index (χ1) is 16.2. The molecular formula is C28H37ClN2O2. The second kappa shape index (κ2) is 10.9. The number of rotatable bonds is 8. The van der Waals surface area contributed by atoms with Crippen LogP contribution in [-0.4, -0.2) is 68.1 Å². The normalized spacial score (nSPS) is 26.1. The molecular weight excluding hydrogens is 432 g/mol. The monoisotopic (exact) mass is 468 g/mol. The van der Waals surface area contributed by atoms with Gasteiger partial charge >= 0.3 is 0 Å². The van der Waals surface area contributed by atoms with Crippen molar-refractivity contribution in [3.63, 3.8) is 0 Å². The maximum absolute atomic E-state index is 6.28. The van der Waals surface area contributed by atoms with Crippen LogP contribution in [0.5, 0.6) is 0 Å². The number of nitrogens with zero attached hydrogens (tertiary/aromatic N) is 2. The molecule has 2 aromatic rings. The maximum atomic E-state index is 6.28. The third kappa shape index (κ3) is 5.80. The molecule has 2 saturated heterocycles. The molecule has 3 fully saturated rings. The Kier molecular flexibility index (Phi) is 7.69. The van der Waals surface area contributed by atoms with Crippen LogP contribution >= 0.6 is 11.6 Å². The Morgan fingerprint density at radius 3 is 2.39 bits per heavy atom. The zero-order chi connectivity index (χ0) is 22.5. The smallest absolute Gasteiger partial charge is 0.134 e. The summed E-state index contributed by atoms with van der Waals surface area (Å²) in [7, 11) is 0. The van der Waals surface area contributed by atoms with E-state index in [1.54, 1.807) is 0 Å². The molecule has 0 N–H and O–H groups in total. The van der Waals surface area contributed by atoms with Crippen molar-refractivity contribution in [1.82, 2.24) is 9.80 Å². The van der Waals surface area contributed by atoms with E-state index in [-0.39, 0.29) is 12.3 Å². The molecule has 0 bridgehead atoms. The third-order valence-corrected chi connectivity index (χ3v) is 8.18. The Hall–Kier alpha value is -1.43. The molecule has 178 valence electrons. The van der Waals surface area contributed by atoms with Gasteiger partial charge in [0, 0.05) is 37.6 Å². The Morgan fingerprint density at radius 2 is 1.73 bits per heavy atom. The second-order valence-corrected chi connectivity index (χ2v) is 10.5. The minimum atomic E-state index is 0.111. The molecule has 0 radical (unpaired) electrons. The summed E-state index contributed by atoms with van der Waals surface area (Å²) in [5.74, 6) is 0. The fraction of sp³-hybridized carbons (Fsp3) is 0.571. The van der Waals surface area contributed by atoms with Crippen LogP contribution in [0.15, 0.2) is 54.6 Å². The summed E-state index contributed by atoms with van der Waals surface area (Å²) in [6.45, 7) is 6.94. The van der Waals surface area contributed by atoms with E-state index in [4.69, 9.17) is 21.1 Å². The lowest BCUT2D eigenvalue weighted by Crippen LogP contribution is -2.55. The fourth-order valence-electron chi connectivity index (χ4n) is 5.76. The summed E-state index contributed by atoms with van der Waals surface area (Å²) in [4.78, 5) is 5.09. The standard InChI is InChI=1S/C28H37ClN2O2/c29-25-10-4-9-24(20-25)28(11-5-12-28)13-6-14-30-15-17-31(18-16-30)27-22-32-26(21-33-27)19-23-7-2-1-3-8-23/h1-4,7-10,20,26-27H,5-6,11-19,21-22H2. The number of hydrogen-bond acceptors (Lipinski definition) is 4. The first kappa shape index (κ1) is 23.3. The van der Waals surface area contributed by atoms with Crippen LogP contribution in [0.25, 0.3) is 0 Å². The third-order valence-electron chi connectivity index (χ3n) is 7.95. The fourth-order valence-corrected chi connectivity index (χ4v) is 5.95. The highest BCUT2D eigenvalue weighted by Gasteiger charge is 2.38. The van der Waals surface area contributed by atoms with Gasteiger partial charge in [0.1, 0.15) is 6.23 Å². The molecule has 0 aromatic heterocycles. The number of ether oxygens (including phenoxy) is 2. The van der Waals surface area contributed by atoms with E-state index in [9.17, 15) is 0 Å². The molecule has 3 aliphatic rings. The topological polar surface area (TPSA) is 24.9 Å². The van der Waals surface area contributed by atoms with Crippen molar-refractivity contribution in [2.45, 2.75) is 56.3 Å². The van der Waals surface area contributed by atoms with Crippen molar-refractivity contribution in [3.05, 3.63) is 70.7 Å². The molecule has 5 rings (SSSR count). The van der Waals surface area contributed by atoms with E-state index >= 15 is 0 Å². The first-order valence-electron chi connectivity index (χ1n) is 12.7. The Morgan fingerprint density at radius 1 is 0.909 bits per heavy atom. The van der Waals surface area contributed by atoms with Crippen LogP contribution in [0.2, 0.25) is 5.02 Å². The Balaban J connectivity index is 1.02. The summed E-state index contributed by atoms with van der Waals surface area (Å²) in [5.41, 5.74) is 3.14. The maximum Gasteiger partial charge on any atom is 0.134 e. The summed E-state index contributed by atoms with van der Waals surface area (Å²) in [6.07, 6.45) is 7.71. The van der Waals surface area contributed by atoms with Crippen LogP contribution in [0.1, 0.15) is 43.2 Å². The summed E-state index contributed by atoms with van der Waals surface area (Å²) < 4.78 is 12.4. The van der Waals surface area contributed by atoms with Crippen LogP contribution < -0.4 is 0 Å². The molecule has 2 unspecified atom stereocenters. The Bertz CT molecular complexity index is 872. The highest BCUT2D eigenvalue weighted by Crippen LogP contribution is 2.47. The van der Waals surface area contributed by atoms with Crippen LogP contribution in [0.3, 0.4) is 0 Å². The van der Waals surface area contributed by atoms with Crippen LogP contribution in [-0.2, 0) is 21.3 Å². The molecule has 2 aromatic carbocycles. The number of hydrogen-bond donors (Lipinski definition) is 0. The SMILES string of the molecule is Clc1cccc(C2(CCCN3CCN(C4COC(Cc5ccccc5)CO4)CC3)CCC2)c1. The molecule has 0 spiro atoms. The van der Waals surface area contributed by atoms with Crippen molar-refractivity contribution in [1.29, 1.82) is 0 Å². The van der Waals surface area contributed by atoms with Crippen molar-refractivity contribution >= 4 is 11.6 Å². The predicted octanol–water partition coefficient (Wildman–Crippen LogP) is 5.14. The second-order valence-electron chi connectivity index (χ2n) is 10.1. The van der Waals surface area contributed by atoms with Gasteiger partial charge in [0.05, 0.1) is 19.3 Å². The van der Waals surface area contributed by atoms with Crippen molar-refractivity contribution < 1.29 is 9.47 Å². The average Bonchev–Trinajstić information content (AvgIpc) is 2.82. The molecule has 0 amide bonds. The van der Waals surface area contributed by atoms with Gasteiger partial charge < -0.3 is 14.4 Å². The molecule has 4 nitrogen and oxygen atoms in total. The van der Waals surface area contributed by atoms with Crippen molar-refractivity contribution in [2.24, 2.45) is 0 Å². The summed E-state index contributed by atoms with van der Waals surface area (Å²) in [6, 6.07) is 19.1. The van der Waals surface area contributed by atoms with Crippen molar-refractivity contribution in [3.8, 4) is 0 Å². The van der Waals surface area contributed by atoms with Gasteiger partial charge in [-0.2, -0.15) is 0 Å². The van der Waals surface area contributed by atoms with E-state index < -0.39 is 0 Å². The minimum Gasteiger partial charge on any atom is -0.371 e. The van der Waals surface area contributed by atoms with E-state index in [0.717, 1.165) is 37.6 Å². The highest BCUT2D eigenvalue weighted by atomic mass is 35.5. The molecule has 2 aliphatic heterocycles. The van der Waals surface area contributed by atoms with E-state index in [1.807, 2.05) is 6.07 Å². The van der Waals surface area contributed by atoms with Crippen molar-refractivity contribution in [2.75, 3.05) is 45.9 Å². The lowest BCUT2D eigenvalue weighted by atomic mass is 9.62. The molecule has 1 saturated carbocycles. The minimum absolute atomic E-state index is 0.111. The van der Waals surface area contributed by atoms with E-state index in [2.05, 4.69) is 58.3 Å². The number of halogens is 1. The summed E-state index contributed by atoms with van der Waals surface area (Å²) in [5, 5.41) is 0.871. The van der Waals surface area contributed by atoms with E-state index in [0.29, 0.717) is 18.6 Å². The molecule has 2 atom stereocenters. The van der Waals surface area contributed by atoms with Gasteiger partial charge in [-0.1, -0.05) is 60.5 Å². The van der Waals surface area contributed by atoms with Crippen LogP contribution in [0.4, 0.5) is 0 Å². The summed E-state index contributed by atoms with van der Waals surface area (Å²) >= 11 is 6.28. The first-order valence-corrected chi connectivity index (χ1v) is 13.1. The zero-order valence-electron chi connectivity index (χ0n) is 19.6. The molecule has 33 heavy (non-hydrogen) atoms. The quantitative estimate of drug-likeness (QED) is 0.535. The predicted molar refractivity (Wildman–Crippen MR) is 134 cm³/mol. The van der Waals surface area contributed by atoms with Gasteiger partial charge in [0.25, 0.3) is 0 Å². The lowest BCUT2D eigenvalue weighted by molar-refractivity contribution is -0.189. The molecule has 5 heteroatoms. The highest BCUT2D eigenvalue weighted by molar-refractivity contribution is 6.30. The number of piperazine rings is 1. The van der Waals surface area contributed by atoms with E-state index in [1.165, 1.54) is 49.8 Å².